The Labute approximate surface area is 101 Å². The van der Waals surface area contributed by atoms with Crippen molar-refractivity contribution in [3.63, 3.8) is 0 Å². The molecule has 0 unspecified atom stereocenters. The van der Waals surface area contributed by atoms with Gasteiger partial charge in [-0.3, -0.25) is 9.59 Å². The number of hydrogen-bond donors (Lipinski definition) is 3. The van der Waals surface area contributed by atoms with E-state index in [1.165, 1.54) is 6.07 Å². The van der Waals surface area contributed by atoms with Crippen molar-refractivity contribution in [2.45, 2.75) is 26.7 Å². The van der Waals surface area contributed by atoms with Crippen molar-refractivity contribution in [3.8, 4) is 12.1 Å². The van der Waals surface area contributed by atoms with Crippen LogP contribution >= 0.6 is 0 Å². The molecule has 1 amide bonds. The van der Waals surface area contributed by atoms with E-state index in [9.17, 15) is 9.59 Å². The maximum absolute atomic E-state index is 10.3. The van der Waals surface area contributed by atoms with Gasteiger partial charge in [-0.25, -0.2) is 0 Å². The first kappa shape index (κ1) is 20.3. The Morgan fingerprint density at radius 1 is 1.24 bits per heavy atom. The SMILES string of the molecule is CCN.CCNC(=O)CC#N.N#CCC(=O)O. The van der Waals surface area contributed by atoms with Gasteiger partial charge in [0.05, 0.1) is 12.1 Å². The van der Waals surface area contributed by atoms with Crippen molar-refractivity contribution in [1.82, 2.24) is 5.32 Å². The maximum Gasteiger partial charge on any atom is 0.317 e. The van der Waals surface area contributed by atoms with Gasteiger partial charge >= 0.3 is 5.97 Å². The summed E-state index contributed by atoms with van der Waals surface area (Å²) in [6.45, 7) is 5.07. The highest BCUT2D eigenvalue weighted by Gasteiger charge is 1.93. The lowest BCUT2D eigenvalue weighted by Crippen LogP contribution is -2.21. The predicted molar refractivity (Wildman–Crippen MR) is 61.5 cm³/mol. The molecule has 4 N–H and O–H groups in total. The van der Waals surface area contributed by atoms with Crippen LogP contribution in [0.3, 0.4) is 0 Å². The fraction of sp³-hybridized carbons (Fsp3) is 0.600. The highest BCUT2D eigenvalue weighted by molar-refractivity contribution is 5.77. The average Bonchev–Trinajstić information content (AvgIpc) is 2.20. The number of carboxylic acids is 1. The molecule has 96 valence electrons. The van der Waals surface area contributed by atoms with Crippen molar-refractivity contribution in [2.75, 3.05) is 13.1 Å². The molecular formula is C10H18N4O3. The van der Waals surface area contributed by atoms with E-state index in [1.54, 1.807) is 6.07 Å². The van der Waals surface area contributed by atoms with E-state index >= 15 is 0 Å². The number of aliphatic carboxylic acids is 1. The largest absolute Gasteiger partial charge is 0.480 e. The number of nitrogens with two attached hydrogens (primary N) is 1. The first-order chi connectivity index (χ1) is 7.99. The molecule has 0 bridgehead atoms. The highest BCUT2D eigenvalue weighted by Crippen LogP contribution is 1.71. The summed E-state index contributed by atoms with van der Waals surface area (Å²) in [5.41, 5.74) is 4.85. The molecule has 0 fully saturated rings. The summed E-state index contributed by atoms with van der Waals surface area (Å²) >= 11 is 0. The number of amides is 1. The lowest BCUT2D eigenvalue weighted by molar-refractivity contribution is -0.135. The van der Waals surface area contributed by atoms with Crippen LogP contribution in [0.4, 0.5) is 0 Å². The van der Waals surface area contributed by atoms with Gasteiger partial charge in [0.15, 0.2) is 0 Å². The third kappa shape index (κ3) is 41.4. The monoisotopic (exact) mass is 242 g/mol. The first-order valence-corrected chi connectivity index (χ1v) is 4.92. The summed E-state index contributed by atoms with van der Waals surface area (Å²) in [6.07, 6.45) is -0.437. The van der Waals surface area contributed by atoms with E-state index < -0.39 is 12.4 Å². The quantitative estimate of drug-likeness (QED) is 0.635. The topological polar surface area (TPSA) is 140 Å². The number of nitrogens with zero attached hydrogens (tertiary/aromatic N) is 2. The van der Waals surface area contributed by atoms with E-state index in [0.717, 1.165) is 6.54 Å². The van der Waals surface area contributed by atoms with Gasteiger partial charge in [0.25, 0.3) is 0 Å². The molecule has 0 aliphatic carbocycles. The van der Waals surface area contributed by atoms with Gasteiger partial charge in [-0.15, -0.1) is 0 Å². The predicted octanol–water partition coefficient (Wildman–Crippen LogP) is -0.0141. The van der Waals surface area contributed by atoms with Crippen LogP contribution < -0.4 is 11.1 Å². The molecule has 0 aromatic heterocycles. The van der Waals surface area contributed by atoms with Gasteiger partial charge < -0.3 is 16.2 Å². The second-order valence-corrected chi connectivity index (χ2v) is 2.43. The van der Waals surface area contributed by atoms with Crippen LogP contribution in [0.25, 0.3) is 0 Å². The van der Waals surface area contributed by atoms with Crippen LogP contribution in [0.2, 0.25) is 0 Å². The lowest BCUT2D eigenvalue weighted by atomic mass is 10.4. The molecule has 0 aromatic carbocycles. The second kappa shape index (κ2) is 19.5. The van der Waals surface area contributed by atoms with Crippen LogP contribution in [0.5, 0.6) is 0 Å². The Hall–Kier alpha value is -2.12. The van der Waals surface area contributed by atoms with Gasteiger partial charge in [0.2, 0.25) is 5.91 Å². The molecular weight excluding hydrogens is 224 g/mol. The molecule has 0 saturated heterocycles. The Kier molecular flexibility index (Phi) is 23.2. The Morgan fingerprint density at radius 2 is 1.65 bits per heavy atom. The summed E-state index contributed by atoms with van der Waals surface area (Å²) < 4.78 is 0. The van der Waals surface area contributed by atoms with Crippen LogP contribution in [-0.4, -0.2) is 30.1 Å². The van der Waals surface area contributed by atoms with E-state index in [1.807, 2.05) is 13.8 Å². The molecule has 0 radical (unpaired) electrons. The van der Waals surface area contributed by atoms with Gasteiger partial charge in [-0.1, -0.05) is 6.92 Å². The third-order valence-corrected chi connectivity index (χ3v) is 0.844. The molecule has 0 heterocycles. The Balaban J connectivity index is -0.000000193. The van der Waals surface area contributed by atoms with Crippen molar-refractivity contribution >= 4 is 11.9 Å². The van der Waals surface area contributed by atoms with Crippen molar-refractivity contribution in [2.24, 2.45) is 5.73 Å². The first-order valence-electron chi connectivity index (χ1n) is 4.92. The summed E-state index contributed by atoms with van der Waals surface area (Å²) in [7, 11) is 0. The average molecular weight is 242 g/mol. The molecule has 0 aliphatic rings. The maximum atomic E-state index is 10.3. The molecule has 0 atom stereocenters. The normalized spacial score (nSPS) is 6.88. The van der Waals surface area contributed by atoms with E-state index in [-0.39, 0.29) is 12.3 Å². The molecule has 0 aliphatic heterocycles. The zero-order valence-electron chi connectivity index (χ0n) is 10.1. The van der Waals surface area contributed by atoms with E-state index in [4.69, 9.17) is 21.4 Å². The fourth-order valence-electron chi connectivity index (χ4n) is 0.399. The molecule has 7 heteroatoms. The smallest absolute Gasteiger partial charge is 0.317 e. The number of carbonyl (C=O) groups excluding carboxylic acids is 1. The molecule has 0 spiro atoms. The number of carboxylic acid groups (broad SMARTS) is 1. The summed E-state index contributed by atoms with van der Waals surface area (Å²) in [6, 6.07) is 3.21. The molecule has 17 heavy (non-hydrogen) atoms. The Morgan fingerprint density at radius 3 is 1.82 bits per heavy atom. The van der Waals surface area contributed by atoms with E-state index in [0.29, 0.717) is 6.54 Å². The lowest BCUT2D eigenvalue weighted by Gasteiger charge is -1.92. The molecule has 7 nitrogen and oxygen atoms in total. The summed E-state index contributed by atoms with van der Waals surface area (Å²) in [5, 5.41) is 25.7. The minimum atomic E-state index is -1.07. The van der Waals surface area contributed by atoms with Crippen molar-refractivity contribution in [3.05, 3.63) is 0 Å². The molecule has 0 aromatic rings. The molecule has 0 rings (SSSR count). The number of nitrogens with one attached hydrogen (secondary N) is 1. The second-order valence-electron chi connectivity index (χ2n) is 2.43. The summed E-state index contributed by atoms with van der Waals surface area (Å²) in [5.74, 6) is -1.27. The van der Waals surface area contributed by atoms with Crippen molar-refractivity contribution < 1.29 is 14.7 Å². The number of nitriles is 2. The van der Waals surface area contributed by atoms with Crippen LogP contribution in [0.15, 0.2) is 0 Å². The van der Waals surface area contributed by atoms with Gasteiger partial charge in [-0.2, -0.15) is 10.5 Å². The van der Waals surface area contributed by atoms with E-state index in [2.05, 4.69) is 5.32 Å². The number of carbonyl (C=O) groups is 2. The van der Waals surface area contributed by atoms with Gasteiger partial charge in [-0.05, 0) is 13.5 Å². The number of rotatable bonds is 3. The van der Waals surface area contributed by atoms with Crippen LogP contribution in [0, 0.1) is 22.7 Å². The van der Waals surface area contributed by atoms with Gasteiger partial charge in [0.1, 0.15) is 12.8 Å². The number of hydrogen-bond acceptors (Lipinski definition) is 5. The minimum absolute atomic E-state index is 0.0339. The fourth-order valence-corrected chi connectivity index (χ4v) is 0.399. The van der Waals surface area contributed by atoms with Crippen LogP contribution in [-0.2, 0) is 9.59 Å². The Bertz CT molecular complexity index is 278. The van der Waals surface area contributed by atoms with Crippen LogP contribution in [0.1, 0.15) is 26.7 Å². The van der Waals surface area contributed by atoms with Gasteiger partial charge in [0, 0.05) is 6.54 Å². The minimum Gasteiger partial charge on any atom is -0.480 e. The standard InChI is InChI=1S/C5H8N2O.C3H3NO2.C2H7N/c1-2-7-5(8)3-4-6;4-2-1-3(5)6;1-2-3/h2-3H2,1H3,(H,7,8);1H2,(H,5,6);2-3H2,1H3. The summed E-state index contributed by atoms with van der Waals surface area (Å²) in [4.78, 5) is 19.7. The molecule has 0 saturated carbocycles. The zero-order valence-corrected chi connectivity index (χ0v) is 10.1. The third-order valence-electron chi connectivity index (χ3n) is 0.844. The zero-order chi connectivity index (χ0) is 14.1. The van der Waals surface area contributed by atoms with Crippen molar-refractivity contribution in [1.29, 1.82) is 10.5 Å². The highest BCUT2D eigenvalue weighted by atomic mass is 16.4.